The van der Waals surface area contributed by atoms with Crippen LogP contribution in [-0.4, -0.2) is 17.0 Å². The minimum absolute atomic E-state index is 0.298. The van der Waals surface area contributed by atoms with Gasteiger partial charge in [0.2, 0.25) is 0 Å². The second kappa shape index (κ2) is 5.88. The summed E-state index contributed by atoms with van der Waals surface area (Å²) >= 11 is 0. The molecule has 2 aromatic carbocycles. The Labute approximate surface area is 119 Å². The van der Waals surface area contributed by atoms with E-state index in [-0.39, 0.29) is 5.78 Å². The molecule has 1 unspecified atom stereocenters. The molecule has 0 aliphatic rings. The van der Waals surface area contributed by atoms with Crippen molar-refractivity contribution in [2.24, 2.45) is 0 Å². The molecule has 1 atom stereocenters. The molecule has 0 spiro atoms. The van der Waals surface area contributed by atoms with Crippen molar-refractivity contribution in [1.82, 2.24) is 0 Å². The number of nitrogens with two attached hydrogens (primary N) is 1. The van der Waals surface area contributed by atoms with E-state index in [1.165, 1.54) is 0 Å². The molecule has 0 amide bonds. The molecule has 0 saturated carbocycles. The minimum atomic E-state index is -1.07. The molecule has 0 aromatic heterocycles. The summed E-state index contributed by atoms with van der Waals surface area (Å²) in [6.45, 7) is 3.77. The third-order valence-electron chi connectivity index (χ3n) is 3.33. The maximum absolute atomic E-state index is 12.4. The van der Waals surface area contributed by atoms with E-state index in [4.69, 9.17) is 5.73 Å². The van der Waals surface area contributed by atoms with E-state index in [2.05, 4.69) is 0 Å². The first-order valence-corrected chi connectivity index (χ1v) is 6.62. The summed E-state index contributed by atoms with van der Waals surface area (Å²) in [5.74, 6) is -0.316. The molecular formula is C17H19NO2. The van der Waals surface area contributed by atoms with Crippen LogP contribution in [0.15, 0.2) is 42.5 Å². The summed E-state index contributed by atoms with van der Waals surface area (Å²) in [5.41, 5.74) is 9.52. The van der Waals surface area contributed by atoms with Gasteiger partial charge in [-0.1, -0.05) is 36.4 Å². The Morgan fingerprint density at radius 3 is 2.45 bits per heavy atom. The summed E-state index contributed by atoms with van der Waals surface area (Å²) in [5, 5.41) is 10.1. The topological polar surface area (TPSA) is 63.3 Å². The van der Waals surface area contributed by atoms with Gasteiger partial charge in [0.15, 0.2) is 5.78 Å². The van der Waals surface area contributed by atoms with Crippen LogP contribution >= 0.6 is 0 Å². The van der Waals surface area contributed by atoms with Crippen molar-refractivity contribution in [1.29, 1.82) is 0 Å². The number of nitrogen functional groups attached to an aromatic ring is 1. The zero-order valence-corrected chi connectivity index (χ0v) is 11.8. The zero-order valence-electron chi connectivity index (χ0n) is 11.8. The van der Waals surface area contributed by atoms with Crippen LogP contribution in [0.3, 0.4) is 0 Å². The van der Waals surface area contributed by atoms with Crippen LogP contribution in [-0.2, 0) is 6.42 Å². The van der Waals surface area contributed by atoms with E-state index in [9.17, 15) is 9.90 Å². The van der Waals surface area contributed by atoms with Gasteiger partial charge in [0, 0.05) is 17.7 Å². The number of hydrogen-bond acceptors (Lipinski definition) is 3. The standard InChI is InChI=1S/C17H19NO2/c1-11-8-12(2)16(14(18)9-11)17(20)15(19)10-13-6-4-3-5-7-13/h3-9,15,19H,10,18H2,1-2H3. The van der Waals surface area contributed by atoms with Crippen molar-refractivity contribution in [3.63, 3.8) is 0 Å². The van der Waals surface area contributed by atoms with Gasteiger partial charge in [-0.15, -0.1) is 0 Å². The molecule has 0 aliphatic heterocycles. The first-order chi connectivity index (χ1) is 9.49. The Kier molecular flexibility index (Phi) is 4.20. The average Bonchev–Trinajstić information content (AvgIpc) is 2.38. The Hall–Kier alpha value is -2.13. The molecule has 0 aliphatic carbocycles. The van der Waals surface area contributed by atoms with Crippen LogP contribution in [0, 0.1) is 13.8 Å². The van der Waals surface area contributed by atoms with Gasteiger partial charge in [0.1, 0.15) is 6.10 Å². The molecule has 2 rings (SSSR count). The summed E-state index contributed by atoms with van der Waals surface area (Å²) in [6, 6.07) is 13.1. The Morgan fingerprint density at radius 1 is 1.20 bits per heavy atom. The highest BCUT2D eigenvalue weighted by Gasteiger charge is 2.21. The molecule has 104 valence electrons. The molecule has 0 fully saturated rings. The lowest BCUT2D eigenvalue weighted by Crippen LogP contribution is -2.25. The van der Waals surface area contributed by atoms with Crippen LogP contribution in [0.2, 0.25) is 0 Å². The number of aryl methyl sites for hydroxylation is 2. The normalized spacial score (nSPS) is 12.2. The fraction of sp³-hybridized carbons (Fsp3) is 0.235. The van der Waals surface area contributed by atoms with E-state index in [1.807, 2.05) is 50.2 Å². The van der Waals surface area contributed by atoms with Crippen LogP contribution in [0.1, 0.15) is 27.0 Å². The molecule has 0 bridgehead atoms. The second-order valence-corrected chi connectivity index (χ2v) is 5.12. The number of carbonyl (C=O) groups is 1. The summed E-state index contributed by atoms with van der Waals surface area (Å²) in [4.78, 5) is 12.4. The number of hydrogen-bond donors (Lipinski definition) is 2. The third-order valence-corrected chi connectivity index (χ3v) is 3.33. The van der Waals surface area contributed by atoms with Crippen LogP contribution in [0.5, 0.6) is 0 Å². The highest BCUT2D eigenvalue weighted by atomic mass is 16.3. The van der Waals surface area contributed by atoms with E-state index in [0.29, 0.717) is 17.7 Å². The monoisotopic (exact) mass is 269 g/mol. The summed E-state index contributed by atoms with van der Waals surface area (Å²) in [6.07, 6.45) is -0.770. The summed E-state index contributed by atoms with van der Waals surface area (Å²) in [7, 11) is 0. The Morgan fingerprint density at radius 2 is 1.85 bits per heavy atom. The lowest BCUT2D eigenvalue weighted by molar-refractivity contribution is 0.0748. The van der Waals surface area contributed by atoms with Crippen molar-refractivity contribution in [3.05, 3.63) is 64.7 Å². The maximum atomic E-state index is 12.4. The molecule has 3 heteroatoms. The number of aliphatic hydroxyl groups is 1. The van der Waals surface area contributed by atoms with Gasteiger partial charge in [-0.05, 0) is 36.6 Å². The smallest absolute Gasteiger partial charge is 0.193 e. The van der Waals surface area contributed by atoms with Gasteiger partial charge >= 0.3 is 0 Å². The number of ketones is 1. The van der Waals surface area contributed by atoms with Gasteiger partial charge in [-0.3, -0.25) is 4.79 Å². The summed E-state index contributed by atoms with van der Waals surface area (Å²) < 4.78 is 0. The highest BCUT2D eigenvalue weighted by Crippen LogP contribution is 2.21. The van der Waals surface area contributed by atoms with Gasteiger partial charge in [-0.2, -0.15) is 0 Å². The number of rotatable bonds is 4. The van der Waals surface area contributed by atoms with E-state index >= 15 is 0 Å². The predicted molar refractivity (Wildman–Crippen MR) is 80.8 cm³/mol. The Bertz CT molecular complexity index is 597. The van der Waals surface area contributed by atoms with Crippen molar-refractivity contribution < 1.29 is 9.90 Å². The molecule has 3 N–H and O–H groups in total. The van der Waals surface area contributed by atoms with Gasteiger partial charge < -0.3 is 10.8 Å². The van der Waals surface area contributed by atoms with E-state index in [1.54, 1.807) is 6.07 Å². The predicted octanol–water partition coefficient (Wildman–Crippen LogP) is 2.67. The number of Topliss-reactive ketones (excluding diaryl/α,β-unsaturated/α-hetero) is 1. The molecule has 3 nitrogen and oxygen atoms in total. The van der Waals surface area contributed by atoms with Gasteiger partial charge in [0.05, 0.1) is 0 Å². The average molecular weight is 269 g/mol. The van der Waals surface area contributed by atoms with Crippen LogP contribution < -0.4 is 5.73 Å². The Balaban J connectivity index is 2.23. The fourth-order valence-electron chi connectivity index (χ4n) is 2.43. The van der Waals surface area contributed by atoms with Crippen molar-refractivity contribution in [2.75, 3.05) is 5.73 Å². The highest BCUT2D eigenvalue weighted by molar-refractivity contribution is 6.05. The molecule has 20 heavy (non-hydrogen) atoms. The zero-order chi connectivity index (χ0) is 14.7. The first-order valence-electron chi connectivity index (χ1n) is 6.62. The number of aliphatic hydroxyl groups excluding tert-OH is 1. The minimum Gasteiger partial charge on any atom is -0.398 e. The van der Waals surface area contributed by atoms with Crippen LogP contribution in [0.4, 0.5) is 5.69 Å². The number of carbonyl (C=O) groups excluding carboxylic acids is 1. The molecule has 2 aromatic rings. The number of anilines is 1. The quantitative estimate of drug-likeness (QED) is 0.662. The van der Waals surface area contributed by atoms with Crippen LogP contribution in [0.25, 0.3) is 0 Å². The lowest BCUT2D eigenvalue weighted by atomic mass is 9.94. The van der Waals surface area contributed by atoms with Gasteiger partial charge in [-0.25, -0.2) is 0 Å². The van der Waals surface area contributed by atoms with Gasteiger partial charge in [0.25, 0.3) is 0 Å². The number of benzene rings is 2. The lowest BCUT2D eigenvalue weighted by Gasteiger charge is -2.14. The SMILES string of the molecule is Cc1cc(C)c(C(=O)C(O)Cc2ccccc2)c(N)c1. The van der Waals surface area contributed by atoms with E-state index in [0.717, 1.165) is 16.7 Å². The fourth-order valence-corrected chi connectivity index (χ4v) is 2.43. The van der Waals surface area contributed by atoms with Crippen molar-refractivity contribution >= 4 is 11.5 Å². The van der Waals surface area contributed by atoms with Crippen molar-refractivity contribution in [2.45, 2.75) is 26.4 Å². The van der Waals surface area contributed by atoms with Crippen molar-refractivity contribution in [3.8, 4) is 0 Å². The third kappa shape index (κ3) is 3.06. The molecular weight excluding hydrogens is 250 g/mol. The first kappa shape index (κ1) is 14.3. The maximum Gasteiger partial charge on any atom is 0.193 e. The molecule has 0 radical (unpaired) electrons. The molecule has 0 heterocycles. The second-order valence-electron chi connectivity index (χ2n) is 5.12. The molecule has 0 saturated heterocycles. The largest absolute Gasteiger partial charge is 0.398 e. The van der Waals surface area contributed by atoms with E-state index < -0.39 is 6.10 Å².